The predicted molar refractivity (Wildman–Crippen MR) is 53.1 cm³/mol. The lowest BCUT2D eigenvalue weighted by Gasteiger charge is -2.18. The predicted octanol–water partition coefficient (Wildman–Crippen LogP) is 2.10. The largest absolute Gasteiger partial charge is 0.187 e. The van der Waals surface area contributed by atoms with Crippen molar-refractivity contribution in [2.75, 3.05) is 0 Å². The average Bonchev–Trinajstić information content (AvgIpc) is 1.90. The molecule has 0 aliphatic carbocycles. The second-order valence-corrected chi connectivity index (χ2v) is 2.74. The van der Waals surface area contributed by atoms with Crippen molar-refractivity contribution >= 4 is 17.4 Å². The second-order valence-electron chi connectivity index (χ2n) is 2.74. The molecule has 0 N–H and O–H groups in total. The van der Waals surface area contributed by atoms with Gasteiger partial charge in [-0.3, -0.25) is 0 Å². The van der Waals surface area contributed by atoms with E-state index >= 15 is 0 Å². The van der Waals surface area contributed by atoms with E-state index in [1.54, 1.807) is 0 Å². The molecule has 1 atom stereocenters. The summed E-state index contributed by atoms with van der Waals surface area (Å²) < 4.78 is 0. The highest BCUT2D eigenvalue weighted by Gasteiger charge is 2.09. The molecule has 10 heavy (non-hydrogen) atoms. The first-order valence-corrected chi connectivity index (χ1v) is 4.09. The average molecular weight is 157 g/mol. The molecule has 0 heterocycles. The summed E-state index contributed by atoms with van der Waals surface area (Å²) in [7, 11) is 0. The number of rotatable bonds is 4. The van der Waals surface area contributed by atoms with Crippen molar-refractivity contribution in [1.82, 2.24) is 0 Å². The molecule has 0 aliphatic rings. The highest BCUT2D eigenvalue weighted by Crippen LogP contribution is 2.20. The van der Waals surface area contributed by atoms with Crippen LogP contribution >= 0.6 is 0 Å². The van der Waals surface area contributed by atoms with Gasteiger partial charge in [-0.05, 0) is 18.8 Å². The lowest BCUT2D eigenvalue weighted by molar-refractivity contribution is 0.359. The van der Waals surface area contributed by atoms with Crippen LogP contribution in [-0.4, -0.2) is 17.4 Å². The molecule has 1 unspecified atom stereocenters. The van der Waals surface area contributed by atoms with E-state index in [0.29, 0.717) is 5.92 Å². The van der Waals surface area contributed by atoms with Gasteiger partial charge < -0.3 is 0 Å². The molecule has 1 radical (unpaired) electrons. The minimum Gasteiger partial charge on any atom is -0.0651 e. The van der Waals surface area contributed by atoms with Crippen molar-refractivity contribution in [3.8, 4) is 0 Å². The van der Waals surface area contributed by atoms with Crippen LogP contribution in [0.5, 0.6) is 0 Å². The molecule has 0 aliphatic heterocycles. The van der Waals surface area contributed by atoms with Crippen LogP contribution in [0.1, 0.15) is 40.0 Å². The molecule has 1 heteroatoms. The van der Waals surface area contributed by atoms with E-state index in [-0.39, 0.29) is 17.4 Å². The summed E-state index contributed by atoms with van der Waals surface area (Å²) >= 11 is 0. The number of hydrogen-bond donors (Lipinski definition) is 0. The van der Waals surface area contributed by atoms with E-state index in [0.717, 1.165) is 5.92 Å². The molecule has 0 fully saturated rings. The highest BCUT2D eigenvalue weighted by molar-refractivity contribution is 5.75. The van der Waals surface area contributed by atoms with Gasteiger partial charge in [0.05, 0.1) is 0 Å². The summed E-state index contributed by atoms with van der Waals surface area (Å²) in [5.41, 5.74) is 0. The van der Waals surface area contributed by atoms with Crippen molar-refractivity contribution in [1.29, 1.82) is 0 Å². The Morgan fingerprint density at radius 3 is 1.50 bits per heavy atom. The molecule has 0 aromatic heterocycles. The van der Waals surface area contributed by atoms with Crippen LogP contribution in [0.25, 0.3) is 0 Å². The van der Waals surface area contributed by atoms with Gasteiger partial charge in [-0.1, -0.05) is 40.0 Å². The molecule has 61 valence electrons. The maximum Gasteiger partial charge on any atom is 0.187 e. The van der Waals surface area contributed by atoms with E-state index in [9.17, 15) is 0 Å². The van der Waals surface area contributed by atoms with Crippen LogP contribution in [0.2, 0.25) is 0 Å². The molecule has 0 saturated carbocycles. The molecule has 0 saturated heterocycles. The van der Waals surface area contributed by atoms with Gasteiger partial charge in [0.1, 0.15) is 0 Å². The Bertz CT molecular complexity index is 57.7. The molecule has 0 nitrogen and oxygen atoms in total. The van der Waals surface area contributed by atoms with E-state index in [1.807, 2.05) is 0 Å². The molecule has 0 amide bonds. The first-order valence-electron chi connectivity index (χ1n) is 4.09. The van der Waals surface area contributed by atoms with Crippen LogP contribution in [0.4, 0.5) is 0 Å². The Morgan fingerprint density at radius 2 is 1.40 bits per heavy atom. The zero-order valence-electron chi connectivity index (χ0n) is 6.98. The van der Waals surface area contributed by atoms with E-state index in [2.05, 4.69) is 27.7 Å². The highest BCUT2D eigenvalue weighted by atomic mass is 27.0. The van der Waals surface area contributed by atoms with Crippen LogP contribution in [-0.2, 0) is 0 Å². The normalized spacial score (nSPS) is 12.9. The van der Waals surface area contributed by atoms with Crippen molar-refractivity contribution in [3.05, 3.63) is 6.92 Å². The SMILES string of the molecule is [AlH3].[CH2]C(CC)C(CC)CC. The third kappa shape index (κ3) is 4.36. The Morgan fingerprint density at radius 1 is 1.00 bits per heavy atom. The molecule has 0 bridgehead atoms. The second kappa shape index (κ2) is 7.64. The monoisotopic (exact) mass is 157 g/mol. The Kier molecular flexibility index (Phi) is 10.0. The van der Waals surface area contributed by atoms with Gasteiger partial charge in [-0.2, -0.15) is 0 Å². The molecule has 0 rings (SSSR count). The quantitative estimate of drug-likeness (QED) is 0.548. The Labute approximate surface area is 76.5 Å². The third-order valence-electron chi connectivity index (χ3n) is 2.24. The van der Waals surface area contributed by atoms with E-state index in [4.69, 9.17) is 0 Å². The van der Waals surface area contributed by atoms with Gasteiger partial charge >= 0.3 is 0 Å². The van der Waals surface area contributed by atoms with Gasteiger partial charge in [0.25, 0.3) is 0 Å². The fraction of sp³-hybridized carbons (Fsp3) is 0.889. The van der Waals surface area contributed by atoms with Crippen LogP contribution in [0, 0.1) is 18.8 Å². The lowest BCUT2D eigenvalue weighted by atomic mass is 9.88. The molecular formula is C9H22Al. The van der Waals surface area contributed by atoms with Crippen molar-refractivity contribution in [2.24, 2.45) is 11.8 Å². The van der Waals surface area contributed by atoms with Gasteiger partial charge in [-0.25, -0.2) is 0 Å². The molecular weight excluding hydrogens is 135 g/mol. The van der Waals surface area contributed by atoms with Crippen molar-refractivity contribution in [3.63, 3.8) is 0 Å². The standard InChI is InChI=1S/C9H19.Al.3H/c1-5-8(4)9(6-2)7-3;;;;/h8-9H,4-7H2,1-3H3;;;;. The Balaban J connectivity index is 0. The van der Waals surface area contributed by atoms with Crippen molar-refractivity contribution in [2.45, 2.75) is 40.0 Å². The summed E-state index contributed by atoms with van der Waals surface area (Å²) in [5, 5.41) is 0. The topological polar surface area (TPSA) is 0 Å². The Hall–Kier alpha value is 0.532. The maximum atomic E-state index is 4.10. The van der Waals surface area contributed by atoms with E-state index in [1.165, 1.54) is 19.3 Å². The fourth-order valence-corrected chi connectivity index (χ4v) is 1.29. The number of hydrogen-bond acceptors (Lipinski definition) is 0. The van der Waals surface area contributed by atoms with Gasteiger partial charge in [0.2, 0.25) is 0 Å². The summed E-state index contributed by atoms with van der Waals surface area (Å²) in [6.07, 6.45) is 3.81. The van der Waals surface area contributed by atoms with E-state index < -0.39 is 0 Å². The zero-order valence-corrected chi connectivity index (χ0v) is 6.98. The van der Waals surface area contributed by atoms with Gasteiger partial charge in [0.15, 0.2) is 17.4 Å². The van der Waals surface area contributed by atoms with Gasteiger partial charge in [0, 0.05) is 0 Å². The first kappa shape index (κ1) is 13.1. The zero-order chi connectivity index (χ0) is 7.28. The third-order valence-corrected chi connectivity index (χ3v) is 2.24. The first-order chi connectivity index (χ1) is 4.26. The summed E-state index contributed by atoms with van der Waals surface area (Å²) in [6.45, 7) is 10.8. The minimum absolute atomic E-state index is 0. The minimum atomic E-state index is 0. The molecule has 0 aromatic carbocycles. The van der Waals surface area contributed by atoms with Crippen LogP contribution in [0.3, 0.4) is 0 Å². The smallest absolute Gasteiger partial charge is 0.0651 e. The maximum absolute atomic E-state index is 4.10. The lowest BCUT2D eigenvalue weighted by Crippen LogP contribution is -2.08. The molecule has 0 aromatic rings. The summed E-state index contributed by atoms with van der Waals surface area (Å²) in [6, 6.07) is 0. The van der Waals surface area contributed by atoms with Crippen LogP contribution < -0.4 is 0 Å². The van der Waals surface area contributed by atoms with Crippen LogP contribution in [0.15, 0.2) is 0 Å². The van der Waals surface area contributed by atoms with Crippen molar-refractivity contribution < 1.29 is 0 Å². The van der Waals surface area contributed by atoms with Gasteiger partial charge in [-0.15, -0.1) is 0 Å². The molecule has 0 spiro atoms. The summed E-state index contributed by atoms with van der Waals surface area (Å²) in [4.78, 5) is 0. The fourth-order valence-electron chi connectivity index (χ4n) is 1.29. The summed E-state index contributed by atoms with van der Waals surface area (Å²) in [5.74, 6) is 1.54.